The molecule has 0 atom stereocenters. The Labute approximate surface area is 261 Å². The van der Waals surface area contributed by atoms with Gasteiger partial charge in [-0.05, 0) is 72.0 Å². The predicted octanol–water partition coefficient (Wildman–Crippen LogP) is 8.61. The van der Waals surface area contributed by atoms with Gasteiger partial charge in [0.1, 0.15) is 11.9 Å². The lowest BCUT2D eigenvalue weighted by molar-refractivity contribution is -0.222. The van der Waals surface area contributed by atoms with Gasteiger partial charge in [-0.1, -0.05) is 72.8 Å². The molecule has 0 bridgehead atoms. The van der Waals surface area contributed by atoms with Crippen LogP contribution in [0.1, 0.15) is 52.0 Å². The van der Waals surface area contributed by atoms with Crippen molar-refractivity contribution >= 4 is 47.8 Å². The fourth-order valence-corrected chi connectivity index (χ4v) is 6.06. The zero-order chi connectivity index (χ0) is 30.8. The van der Waals surface area contributed by atoms with Crippen molar-refractivity contribution < 1.29 is 23.9 Å². The summed E-state index contributed by atoms with van der Waals surface area (Å²) >= 11 is 3.53. The Kier molecular flexibility index (Phi) is 11.0. The molecule has 4 aromatic carbocycles. The summed E-state index contributed by atoms with van der Waals surface area (Å²) in [5, 5.41) is 0. The molecule has 1 saturated heterocycles. The maximum absolute atomic E-state index is 12.0. The topological polar surface area (TPSA) is 69.7 Å². The van der Waals surface area contributed by atoms with Crippen LogP contribution < -0.4 is 0 Å². The number of esters is 2. The number of rotatable bonds is 8. The molecular formula is C36H34O5S2. The maximum atomic E-state index is 12.0. The molecular weight excluding hydrogens is 577 g/mol. The molecule has 0 saturated carbocycles. The fourth-order valence-electron chi connectivity index (χ4n) is 4.11. The van der Waals surface area contributed by atoms with E-state index in [1.54, 1.807) is 23.5 Å². The van der Waals surface area contributed by atoms with Crippen LogP contribution in [0.25, 0.3) is 6.08 Å². The minimum absolute atomic E-state index is 0.0929. The Hall–Kier alpha value is -4.07. The first kappa shape index (κ1) is 31.9. The van der Waals surface area contributed by atoms with Crippen molar-refractivity contribution in [1.29, 1.82) is 0 Å². The molecule has 5 nitrogen and oxygen atoms in total. The summed E-state index contributed by atoms with van der Waals surface area (Å²) in [6.45, 7) is 7.29. The number of ether oxygens (including phenoxy) is 2. The molecule has 1 aliphatic heterocycles. The van der Waals surface area contributed by atoms with Crippen molar-refractivity contribution in [2.24, 2.45) is 0 Å². The molecule has 1 aliphatic rings. The molecule has 4 aromatic rings. The van der Waals surface area contributed by atoms with Crippen molar-refractivity contribution in [1.82, 2.24) is 0 Å². The number of aryl methyl sites for hydroxylation is 2. The summed E-state index contributed by atoms with van der Waals surface area (Å²) in [6.07, 6.45) is 2.37. The Morgan fingerprint density at radius 3 is 1.47 bits per heavy atom. The first-order chi connectivity index (χ1) is 20.6. The van der Waals surface area contributed by atoms with Gasteiger partial charge in [-0.2, -0.15) is 0 Å². The third kappa shape index (κ3) is 9.46. The van der Waals surface area contributed by atoms with E-state index >= 15 is 0 Å². The summed E-state index contributed by atoms with van der Waals surface area (Å²) in [7, 11) is 0. The number of carbonyl (C=O) groups is 3. The van der Waals surface area contributed by atoms with Crippen LogP contribution in [0, 0.1) is 13.8 Å². The van der Waals surface area contributed by atoms with Gasteiger partial charge < -0.3 is 9.47 Å². The molecule has 0 unspecified atom stereocenters. The molecule has 0 aromatic heterocycles. The second-order valence-corrected chi connectivity index (χ2v) is 12.5. The van der Waals surface area contributed by atoms with Crippen LogP contribution in [-0.4, -0.2) is 24.0 Å². The van der Waals surface area contributed by atoms with E-state index < -0.39 is 17.7 Å². The third-order valence-corrected chi connectivity index (χ3v) is 8.76. The molecule has 0 N–H and O–H groups in total. The highest BCUT2D eigenvalue weighted by atomic mass is 32.2. The van der Waals surface area contributed by atoms with Crippen molar-refractivity contribution in [2.45, 2.75) is 54.8 Å². The quantitative estimate of drug-likeness (QED) is 0.0650. The zero-order valence-corrected chi connectivity index (χ0v) is 26.3. The number of benzene rings is 4. The second-order valence-electron chi connectivity index (χ2n) is 10.4. The van der Waals surface area contributed by atoms with Crippen molar-refractivity contribution in [3.8, 4) is 0 Å². The predicted molar refractivity (Wildman–Crippen MR) is 174 cm³/mol. The molecule has 0 aliphatic carbocycles. The van der Waals surface area contributed by atoms with E-state index in [0.717, 1.165) is 33.8 Å². The average Bonchev–Trinajstić information content (AvgIpc) is 2.99. The Morgan fingerprint density at radius 1 is 0.628 bits per heavy atom. The van der Waals surface area contributed by atoms with Gasteiger partial charge >= 0.3 is 11.9 Å². The van der Waals surface area contributed by atoms with Crippen molar-refractivity contribution in [3.05, 3.63) is 136 Å². The van der Waals surface area contributed by atoms with Gasteiger partial charge in [-0.3, -0.25) is 4.79 Å². The van der Waals surface area contributed by atoms with Crippen LogP contribution in [-0.2, 0) is 30.6 Å². The van der Waals surface area contributed by atoms with Gasteiger partial charge in [-0.15, -0.1) is 23.5 Å². The number of hydrogen-bond donors (Lipinski definition) is 0. The van der Waals surface area contributed by atoms with Crippen LogP contribution in [0.15, 0.2) is 112 Å². The first-order valence-corrected chi connectivity index (χ1v) is 15.8. The Balaban J connectivity index is 0.000000215. The monoisotopic (exact) mass is 610 g/mol. The molecule has 0 spiro atoms. The fraction of sp³-hybridized carbons (Fsp3) is 0.194. The van der Waals surface area contributed by atoms with E-state index in [-0.39, 0.29) is 5.57 Å². The van der Waals surface area contributed by atoms with E-state index in [1.807, 2.05) is 60.7 Å². The van der Waals surface area contributed by atoms with E-state index in [0.29, 0.717) is 0 Å². The van der Waals surface area contributed by atoms with Gasteiger partial charge in [0.2, 0.25) is 0 Å². The van der Waals surface area contributed by atoms with E-state index in [9.17, 15) is 14.4 Å². The lowest BCUT2D eigenvalue weighted by Gasteiger charge is -2.29. The molecule has 0 radical (unpaired) electrons. The standard InChI is InChI=1S/C21H20O4S.C15H14OS/c1-14-6-4-5-7-16(14)13-26-17-10-8-15(9-11-17)12-18-19(22)24-21(2,3)25-20(18)23;1-12-4-2-3-5-14(12)11-17-15-8-6-13(10-16)7-9-15/h4-12H,13H2,1-3H3;2-10H,11H2,1H3. The van der Waals surface area contributed by atoms with Gasteiger partial charge in [-0.25, -0.2) is 9.59 Å². The lowest BCUT2D eigenvalue weighted by atomic mass is 10.1. The molecule has 7 heteroatoms. The Morgan fingerprint density at radius 2 is 1.05 bits per heavy atom. The smallest absolute Gasteiger partial charge is 0.348 e. The minimum Gasteiger partial charge on any atom is -0.419 e. The van der Waals surface area contributed by atoms with E-state index in [4.69, 9.17) is 9.47 Å². The highest BCUT2D eigenvalue weighted by molar-refractivity contribution is 7.98. The first-order valence-electron chi connectivity index (χ1n) is 13.8. The summed E-state index contributed by atoms with van der Waals surface area (Å²) < 4.78 is 10.2. The maximum Gasteiger partial charge on any atom is 0.348 e. The van der Waals surface area contributed by atoms with Gasteiger partial charge in [0.15, 0.2) is 0 Å². The lowest BCUT2D eigenvalue weighted by Crippen LogP contribution is -2.41. The van der Waals surface area contributed by atoms with Crippen LogP contribution in [0.4, 0.5) is 0 Å². The van der Waals surface area contributed by atoms with Gasteiger partial charge in [0.25, 0.3) is 5.79 Å². The number of hydrogen-bond acceptors (Lipinski definition) is 7. The van der Waals surface area contributed by atoms with Gasteiger partial charge in [0, 0.05) is 40.7 Å². The SMILES string of the molecule is Cc1ccccc1CSc1ccc(C=C2C(=O)OC(C)(C)OC2=O)cc1.Cc1ccccc1CSc1ccc(C=O)cc1. The summed E-state index contributed by atoms with van der Waals surface area (Å²) in [5.41, 5.74) is 6.64. The van der Waals surface area contributed by atoms with E-state index in [1.165, 1.54) is 47.1 Å². The van der Waals surface area contributed by atoms with Crippen molar-refractivity contribution in [2.75, 3.05) is 0 Å². The number of carbonyl (C=O) groups excluding carboxylic acids is 3. The van der Waals surface area contributed by atoms with Crippen LogP contribution in [0.3, 0.4) is 0 Å². The molecule has 5 rings (SSSR count). The van der Waals surface area contributed by atoms with Crippen LogP contribution >= 0.6 is 23.5 Å². The number of thioether (sulfide) groups is 2. The molecule has 1 heterocycles. The molecule has 220 valence electrons. The van der Waals surface area contributed by atoms with E-state index in [2.05, 4.69) is 50.2 Å². The molecule has 43 heavy (non-hydrogen) atoms. The molecule has 1 fully saturated rings. The second kappa shape index (κ2) is 14.9. The largest absolute Gasteiger partial charge is 0.419 e. The van der Waals surface area contributed by atoms with Crippen molar-refractivity contribution in [3.63, 3.8) is 0 Å². The number of aldehydes is 1. The normalized spacial score (nSPS) is 13.7. The zero-order valence-electron chi connectivity index (χ0n) is 24.7. The van der Waals surface area contributed by atoms with Crippen LogP contribution in [0.5, 0.6) is 0 Å². The molecule has 0 amide bonds. The highest BCUT2D eigenvalue weighted by Crippen LogP contribution is 2.27. The minimum atomic E-state index is -1.22. The van der Waals surface area contributed by atoms with Crippen LogP contribution in [0.2, 0.25) is 0 Å². The summed E-state index contributed by atoms with van der Waals surface area (Å²) in [6, 6.07) is 32.1. The summed E-state index contributed by atoms with van der Waals surface area (Å²) in [5.74, 6) is -0.691. The third-order valence-electron chi connectivity index (χ3n) is 6.64. The van der Waals surface area contributed by atoms with Gasteiger partial charge in [0.05, 0.1) is 0 Å². The summed E-state index contributed by atoms with van der Waals surface area (Å²) in [4.78, 5) is 36.8. The Bertz CT molecular complexity index is 1580. The highest BCUT2D eigenvalue weighted by Gasteiger charge is 2.38. The average molecular weight is 611 g/mol. The number of cyclic esters (lactones) is 2.